The zero-order chi connectivity index (χ0) is 10.9. The molecule has 1 aliphatic rings. The molecule has 1 aliphatic heterocycles. The van der Waals surface area contributed by atoms with Crippen LogP contribution in [-0.2, 0) is 9.09 Å². The van der Waals surface area contributed by atoms with Crippen LogP contribution in [0.15, 0.2) is 30.3 Å². The second-order valence-electron chi connectivity index (χ2n) is 4.66. The molecule has 15 heavy (non-hydrogen) atoms. The van der Waals surface area contributed by atoms with Gasteiger partial charge >= 0.3 is 0 Å². The highest BCUT2D eigenvalue weighted by Gasteiger charge is 2.35. The van der Waals surface area contributed by atoms with Crippen LogP contribution < -0.4 is 10.4 Å². The summed E-state index contributed by atoms with van der Waals surface area (Å²) in [5.41, 5.74) is 0.0582. The normalized spacial score (nSPS) is 30.0. The molecule has 2 rings (SSSR count). The molecule has 0 saturated carbocycles. The van der Waals surface area contributed by atoms with E-state index in [1.807, 2.05) is 30.3 Å². The van der Waals surface area contributed by atoms with Crippen molar-refractivity contribution in [3.05, 3.63) is 30.3 Å². The Morgan fingerprint density at radius 2 is 2.00 bits per heavy atom. The first-order chi connectivity index (χ1) is 7.02. The molecule has 1 heterocycles. The number of benzene rings is 1. The zero-order valence-corrected chi connectivity index (χ0v) is 9.96. The Labute approximate surface area is 90.3 Å². The van der Waals surface area contributed by atoms with Crippen LogP contribution in [0.25, 0.3) is 0 Å². The lowest BCUT2D eigenvalue weighted by molar-refractivity contribution is 0.157. The number of hydrogen-bond donors (Lipinski definition) is 1. The van der Waals surface area contributed by atoms with E-state index in [-0.39, 0.29) is 5.41 Å². The monoisotopic (exact) mass is 225 g/mol. The Morgan fingerprint density at radius 3 is 2.53 bits per heavy atom. The van der Waals surface area contributed by atoms with Crippen molar-refractivity contribution in [3.8, 4) is 0 Å². The molecule has 1 unspecified atom stereocenters. The summed E-state index contributed by atoms with van der Waals surface area (Å²) in [7, 11) is -2.80. The van der Waals surface area contributed by atoms with Crippen LogP contribution in [0.4, 0.5) is 0 Å². The van der Waals surface area contributed by atoms with E-state index in [4.69, 9.17) is 4.52 Å². The summed E-state index contributed by atoms with van der Waals surface area (Å²) < 4.78 is 17.9. The van der Waals surface area contributed by atoms with Crippen LogP contribution in [0.2, 0.25) is 0 Å². The summed E-state index contributed by atoms with van der Waals surface area (Å²) in [6.07, 6.45) is 0. The molecule has 0 radical (unpaired) electrons. The second kappa shape index (κ2) is 3.75. The average molecular weight is 225 g/mol. The van der Waals surface area contributed by atoms with Gasteiger partial charge in [0.15, 0.2) is 0 Å². The van der Waals surface area contributed by atoms with Crippen molar-refractivity contribution >= 4 is 12.8 Å². The maximum absolute atomic E-state index is 12.4. The van der Waals surface area contributed by atoms with E-state index >= 15 is 0 Å². The van der Waals surface area contributed by atoms with Crippen molar-refractivity contribution in [1.82, 2.24) is 5.09 Å². The van der Waals surface area contributed by atoms with Gasteiger partial charge in [0, 0.05) is 12.0 Å². The van der Waals surface area contributed by atoms with E-state index in [1.54, 1.807) is 0 Å². The van der Waals surface area contributed by atoms with E-state index in [1.165, 1.54) is 0 Å². The molecule has 3 nitrogen and oxygen atoms in total. The van der Waals surface area contributed by atoms with Gasteiger partial charge in [0.1, 0.15) is 0 Å². The van der Waals surface area contributed by atoms with Gasteiger partial charge in [-0.25, -0.2) is 5.09 Å². The summed E-state index contributed by atoms with van der Waals surface area (Å²) in [5, 5.41) is 3.79. The standard InChI is InChI=1S/C11H16NO2P/c1-11(2)8-12-15(13,14-9-11)10-6-4-3-5-7-10/h3-7H,8-9H2,1-2H3,(H,12,13). The van der Waals surface area contributed by atoms with Gasteiger partial charge in [0.2, 0.25) is 0 Å². The third-order valence-electron chi connectivity index (χ3n) is 2.50. The molecule has 1 aromatic rings. The Morgan fingerprint density at radius 1 is 1.33 bits per heavy atom. The Hall–Kier alpha value is -0.630. The lowest BCUT2D eigenvalue weighted by Crippen LogP contribution is -2.40. The highest BCUT2D eigenvalue weighted by atomic mass is 31.2. The van der Waals surface area contributed by atoms with Gasteiger partial charge in [0.05, 0.1) is 11.9 Å². The minimum atomic E-state index is -2.80. The summed E-state index contributed by atoms with van der Waals surface area (Å²) in [6.45, 7) is 5.44. The molecule has 1 fully saturated rings. The predicted molar refractivity (Wildman–Crippen MR) is 61.4 cm³/mol. The van der Waals surface area contributed by atoms with E-state index in [9.17, 15) is 4.57 Å². The van der Waals surface area contributed by atoms with Gasteiger partial charge in [-0.05, 0) is 12.1 Å². The molecule has 1 aromatic carbocycles. The number of hydrogen-bond acceptors (Lipinski definition) is 2. The molecule has 0 aromatic heterocycles. The molecule has 0 aliphatic carbocycles. The van der Waals surface area contributed by atoms with E-state index in [0.29, 0.717) is 6.61 Å². The van der Waals surface area contributed by atoms with Gasteiger partial charge in [-0.1, -0.05) is 32.0 Å². The molecule has 0 bridgehead atoms. The van der Waals surface area contributed by atoms with E-state index < -0.39 is 7.52 Å². The lowest BCUT2D eigenvalue weighted by atomic mass is 9.96. The van der Waals surface area contributed by atoms with Gasteiger partial charge in [-0.2, -0.15) is 0 Å². The minimum absolute atomic E-state index is 0.0582. The molecular weight excluding hydrogens is 209 g/mol. The first kappa shape index (κ1) is 10.9. The first-order valence-electron chi connectivity index (χ1n) is 5.07. The van der Waals surface area contributed by atoms with Crippen molar-refractivity contribution in [2.24, 2.45) is 5.41 Å². The molecule has 82 valence electrons. The maximum atomic E-state index is 12.4. The summed E-state index contributed by atoms with van der Waals surface area (Å²) in [6, 6.07) is 9.33. The highest BCUT2D eigenvalue weighted by Crippen LogP contribution is 2.46. The quantitative estimate of drug-likeness (QED) is 0.744. The van der Waals surface area contributed by atoms with Crippen LogP contribution in [0.5, 0.6) is 0 Å². The topological polar surface area (TPSA) is 38.3 Å². The second-order valence-corrected chi connectivity index (χ2v) is 6.85. The van der Waals surface area contributed by atoms with Crippen LogP contribution in [-0.4, -0.2) is 13.2 Å². The third kappa shape index (κ3) is 2.31. The largest absolute Gasteiger partial charge is 0.314 e. The first-order valence-corrected chi connectivity index (χ1v) is 6.70. The SMILES string of the molecule is CC1(C)CNP(=O)(c2ccccc2)OC1. The Kier molecular flexibility index (Phi) is 2.72. The molecule has 0 spiro atoms. The van der Waals surface area contributed by atoms with Crippen LogP contribution in [0.1, 0.15) is 13.8 Å². The van der Waals surface area contributed by atoms with Crippen molar-refractivity contribution < 1.29 is 9.09 Å². The minimum Gasteiger partial charge on any atom is -0.314 e. The highest BCUT2D eigenvalue weighted by molar-refractivity contribution is 7.65. The Balaban J connectivity index is 2.21. The molecule has 1 saturated heterocycles. The van der Waals surface area contributed by atoms with Crippen molar-refractivity contribution in [1.29, 1.82) is 0 Å². The summed E-state index contributed by atoms with van der Waals surface area (Å²) in [5.74, 6) is 0. The molecule has 4 heteroatoms. The fourth-order valence-corrected chi connectivity index (χ4v) is 3.63. The van der Waals surface area contributed by atoms with Crippen LogP contribution in [0, 0.1) is 5.41 Å². The van der Waals surface area contributed by atoms with E-state index in [0.717, 1.165) is 11.8 Å². The average Bonchev–Trinajstić information content (AvgIpc) is 2.24. The van der Waals surface area contributed by atoms with Crippen molar-refractivity contribution in [3.63, 3.8) is 0 Å². The van der Waals surface area contributed by atoms with Gasteiger partial charge in [0.25, 0.3) is 7.52 Å². The molecular formula is C11H16NO2P. The fourth-order valence-electron chi connectivity index (χ4n) is 1.47. The third-order valence-corrected chi connectivity index (χ3v) is 4.54. The molecule has 1 atom stereocenters. The number of nitrogens with one attached hydrogen (secondary N) is 1. The van der Waals surface area contributed by atoms with Crippen molar-refractivity contribution in [2.75, 3.05) is 13.2 Å². The van der Waals surface area contributed by atoms with Crippen LogP contribution >= 0.6 is 7.52 Å². The van der Waals surface area contributed by atoms with Crippen LogP contribution in [0.3, 0.4) is 0 Å². The maximum Gasteiger partial charge on any atom is 0.299 e. The summed E-state index contributed by atoms with van der Waals surface area (Å²) >= 11 is 0. The summed E-state index contributed by atoms with van der Waals surface area (Å²) in [4.78, 5) is 0. The fraction of sp³-hybridized carbons (Fsp3) is 0.455. The lowest BCUT2D eigenvalue weighted by Gasteiger charge is -2.35. The predicted octanol–water partition coefficient (Wildman–Crippen LogP) is 2.15. The zero-order valence-electron chi connectivity index (χ0n) is 9.06. The number of rotatable bonds is 1. The molecule has 0 amide bonds. The smallest absolute Gasteiger partial charge is 0.299 e. The van der Waals surface area contributed by atoms with Gasteiger partial charge in [-0.3, -0.25) is 4.57 Å². The van der Waals surface area contributed by atoms with Gasteiger partial charge < -0.3 is 4.52 Å². The van der Waals surface area contributed by atoms with Crippen molar-refractivity contribution in [2.45, 2.75) is 13.8 Å². The Bertz CT molecular complexity index is 375. The van der Waals surface area contributed by atoms with E-state index in [2.05, 4.69) is 18.9 Å². The molecule has 1 N–H and O–H groups in total. The van der Waals surface area contributed by atoms with Gasteiger partial charge in [-0.15, -0.1) is 0 Å².